The van der Waals surface area contributed by atoms with Gasteiger partial charge in [0.1, 0.15) is 6.54 Å². The molecule has 0 bridgehead atoms. The van der Waals surface area contributed by atoms with Crippen LogP contribution in [0, 0.1) is 0 Å². The number of amides is 2. The van der Waals surface area contributed by atoms with E-state index < -0.39 is 24.6 Å². The summed E-state index contributed by atoms with van der Waals surface area (Å²) in [7, 11) is 1.21. The molecule has 0 aliphatic rings. The molecular formula is C9H16N2O6. The van der Waals surface area contributed by atoms with Crippen molar-refractivity contribution < 1.29 is 29.1 Å². The van der Waals surface area contributed by atoms with Gasteiger partial charge in [-0.1, -0.05) is 6.92 Å². The number of carboxylic acids is 1. The van der Waals surface area contributed by atoms with Crippen molar-refractivity contribution in [2.75, 3.05) is 26.8 Å². The van der Waals surface area contributed by atoms with E-state index in [4.69, 9.17) is 5.11 Å². The third-order valence-electron chi connectivity index (χ3n) is 1.68. The number of carbonyl (C=O) groups is 3. The second-order valence-corrected chi connectivity index (χ2v) is 3.09. The van der Waals surface area contributed by atoms with Crippen LogP contribution in [0.5, 0.6) is 0 Å². The molecule has 8 nitrogen and oxygen atoms in total. The lowest BCUT2D eigenvalue weighted by Gasteiger charge is -2.20. The summed E-state index contributed by atoms with van der Waals surface area (Å²) in [5.74, 6) is -1.77. The SMILES string of the molecule is CCCN(CC(=O)OC)C(=O)NOCC(=O)O. The van der Waals surface area contributed by atoms with E-state index in [1.165, 1.54) is 7.11 Å². The molecule has 98 valence electrons. The molecule has 2 N–H and O–H groups in total. The maximum absolute atomic E-state index is 11.5. The maximum atomic E-state index is 11.5. The fourth-order valence-corrected chi connectivity index (χ4v) is 0.967. The lowest BCUT2D eigenvalue weighted by Crippen LogP contribution is -2.43. The van der Waals surface area contributed by atoms with Gasteiger partial charge in [-0.15, -0.1) is 0 Å². The van der Waals surface area contributed by atoms with Crippen LogP contribution in [0.3, 0.4) is 0 Å². The zero-order chi connectivity index (χ0) is 13.3. The zero-order valence-corrected chi connectivity index (χ0v) is 9.76. The summed E-state index contributed by atoms with van der Waals surface area (Å²) in [6.07, 6.45) is 0.642. The molecule has 0 aromatic rings. The molecule has 0 aromatic carbocycles. The molecule has 0 atom stereocenters. The molecule has 0 fully saturated rings. The molecule has 0 saturated heterocycles. The summed E-state index contributed by atoms with van der Waals surface area (Å²) in [6.45, 7) is 1.30. The van der Waals surface area contributed by atoms with Crippen LogP contribution in [0.25, 0.3) is 0 Å². The van der Waals surface area contributed by atoms with Crippen molar-refractivity contribution in [1.82, 2.24) is 10.4 Å². The van der Waals surface area contributed by atoms with Crippen LogP contribution >= 0.6 is 0 Å². The number of nitrogens with one attached hydrogen (secondary N) is 1. The quantitative estimate of drug-likeness (QED) is 0.469. The van der Waals surface area contributed by atoms with Gasteiger partial charge in [0.2, 0.25) is 0 Å². The molecule has 0 aliphatic carbocycles. The lowest BCUT2D eigenvalue weighted by molar-refractivity contribution is -0.145. The van der Waals surface area contributed by atoms with Crippen LogP contribution in [0.4, 0.5) is 4.79 Å². The second kappa shape index (κ2) is 8.34. The molecule has 2 amide bonds. The number of nitrogens with zero attached hydrogens (tertiary/aromatic N) is 1. The van der Waals surface area contributed by atoms with Crippen molar-refractivity contribution in [2.45, 2.75) is 13.3 Å². The zero-order valence-electron chi connectivity index (χ0n) is 9.76. The van der Waals surface area contributed by atoms with Gasteiger partial charge in [0.05, 0.1) is 7.11 Å². The standard InChI is InChI=1S/C9H16N2O6/c1-3-4-11(5-8(14)16-2)9(15)10-17-6-7(12)13/h3-6H2,1-2H3,(H,10,15)(H,12,13). The Hall–Kier alpha value is -1.83. The highest BCUT2D eigenvalue weighted by atomic mass is 16.7. The van der Waals surface area contributed by atoms with Gasteiger partial charge in [-0.25, -0.2) is 15.1 Å². The maximum Gasteiger partial charge on any atom is 0.341 e. The summed E-state index contributed by atoms with van der Waals surface area (Å²) in [4.78, 5) is 38.2. The number of hydrogen-bond donors (Lipinski definition) is 2. The number of methoxy groups -OCH3 is 1. The number of aliphatic carboxylic acids is 1. The minimum Gasteiger partial charge on any atom is -0.479 e. The Morgan fingerprint density at radius 3 is 2.47 bits per heavy atom. The summed E-state index contributed by atoms with van der Waals surface area (Å²) in [6, 6.07) is -0.682. The van der Waals surface area contributed by atoms with Crippen molar-refractivity contribution in [3.8, 4) is 0 Å². The van der Waals surface area contributed by atoms with E-state index >= 15 is 0 Å². The fraction of sp³-hybridized carbons (Fsp3) is 0.667. The number of hydroxylamine groups is 1. The molecule has 0 aromatic heterocycles. The van der Waals surface area contributed by atoms with Crippen molar-refractivity contribution in [2.24, 2.45) is 0 Å². The van der Waals surface area contributed by atoms with E-state index in [1.807, 2.05) is 12.4 Å². The number of hydrogen-bond acceptors (Lipinski definition) is 5. The van der Waals surface area contributed by atoms with Gasteiger partial charge in [-0.2, -0.15) is 0 Å². The monoisotopic (exact) mass is 248 g/mol. The first-order valence-corrected chi connectivity index (χ1v) is 4.96. The molecule has 0 aliphatic heterocycles. The molecule has 0 unspecified atom stereocenters. The van der Waals surface area contributed by atoms with Crippen LogP contribution in [0.1, 0.15) is 13.3 Å². The summed E-state index contributed by atoms with van der Waals surface area (Å²) < 4.78 is 4.42. The van der Waals surface area contributed by atoms with E-state index in [1.54, 1.807) is 0 Å². The number of ether oxygens (including phenoxy) is 1. The number of carboxylic acid groups (broad SMARTS) is 1. The smallest absolute Gasteiger partial charge is 0.341 e. The van der Waals surface area contributed by atoms with E-state index in [9.17, 15) is 14.4 Å². The van der Waals surface area contributed by atoms with Gasteiger partial charge in [0.25, 0.3) is 0 Å². The third kappa shape index (κ3) is 7.12. The van der Waals surface area contributed by atoms with Gasteiger partial charge >= 0.3 is 18.0 Å². The fourth-order valence-electron chi connectivity index (χ4n) is 0.967. The van der Waals surface area contributed by atoms with E-state index in [2.05, 4.69) is 9.57 Å². The van der Waals surface area contributed by atoms with Crippen LogP contribution in [0.2, 0.25) is 0 Å². The highest BCUT2D eigenvalue weighted by molar-refractivity contribution is 5.80. The predicted molar refractivity (Wildman–Crippen MR) is 56.0 cm³/mol. The molecule has 0 heterocycles. The Labute approximate surface area is 98.4 Å². The van der Waals surface area contributed by atoms with Crippen molar-refractivity contribution >= 4 is 18.0 Å². The van der Waals surface area contributed by atoms with E-state index in [-0.39, 0.29) is 6.54 Å². The summed E-state index contributed by atoms with van der Waals surface area (Å²) in [5, 5.41) is 8.29. The minimum atomic E-state index is -1.21. The molecule has 17 heavy (non-hydrogen) atoms. The Morgan fingerprint density at radius 2 is 2.00 bits per heavy atom. The number of urea groups is 1. The topological polar surface area (TPSA) is 105 Å². The van der Waals surface area contributed by atoms with Gasteiger partial charge < -0.3 is 14.7 Å². The predicted octanol–water partition coefficient (Wildman–Crippen LogP) is -0.403. The van der Waals surface area contributed by atoms with Crippen LogP contribution < -0.4 is 5.48 Å². The first-order chi connectivity index (χ1) is 8.01. The molecule has 0 radical (unpaired) electrons. The van der Waals surface area contributed by atoms with E-state index in [0.717, 1.165) is 4.90 Å². The van der Waals surface area contributed by atoms with Crippen molar-refractivity contribution in [3.63, 3.8) is 0 Å². The Kier molecular flexibility index (Phi) is 7.44. The van der Waals surface area contributed by atoms with Gasteiger partial charge in [-0.3, -0.25) is 9.63 Å². The Morgan fingerprint density at radius 1 is 1.35 bits per heavy atom. The average molecular weight is 248 g/mol. The van der Waals surface area contributed by atoms with Crippen molar-refractivity contribution in [3.05, 3.63) is 0 Å². The highest BCUT2D eigenvalue weighted by Crippen LogP contribution is 1.94. The normalized spacial score (nSPS) is 9.53. The summed E-state index contributed by atoms with van der Waals surface area (Å²) >= 11 is 0. The lowest BCUT2D eigenvalue weighted by atomic mass is 10.4. The highest BCUT2D eigenvalue weighted by Gasteiger charge is 2.16. The van der Waals surface area contributed by atoms with Crippen LogP contribution in [-0.2, 0) is 19.2 Å². The number of carbonyl (C=O) groups excluding carboxylic acids is 2. The molecule has 0 saturated carbocycles. The van der Waals surface area contributed by atoms with Gasteiger partial charge in [0.15, 0.2) is 6.61 Å². The second-order valence-electron chi connectivity index (χ2n) is 3.09. The Balaban J connectivity index is 4.14. The Bertz CT molecular complexity index is 281. The number of rotatable bonds is 7. The van der Waals surface area contributed by atoms with Crippen molar-refractivity contribution in [1.29, 1.82) is 0 Å². The van der Waals surface area contributed by atoms with Gasteiger partial charge in [0, 0.05) is 6.54 Å². The molecule has 8 heteroatoms. The minimum absolute atomic E-state index is 0.216. The molecule has 0 spiro atoms. The van der Waals surface area contributed by atoms with Crippen LogP contribution in [-0.4, -0.2) is 54.8 Å². The molecule has 0 rings (SSSR count). The molecular weight excluding hydrogens is 232 g/mol. The largest absolute Gasteiger partial charge is 0.479 e. The van der Waals surface area contributed by atoms with Crippen LogP contribution in [0.15, 0.2) is 0 Å². The first-order valence-electron chi connectivity index (χ1n) is 4.96. The third-order valence-corrected chi connectivity index (χ3v) is 1.68. The van der Waals surface area contributed by atoms with E-state index in [0.29, 0.717) is 13.0 Å². The summed E-state index contributed by atoms with van der Waals surface area (Å²) in [5.41, 5.74) is 1.93. The number of esters is 1. The van der Waals surface area contributed by atoms with Gasteiger partial charge in [-0.05, 0) is 6.42 Å². The average Bonchev–Trinajstić information content (AvgIpc) is 2.27. The first kappa shape index (κ1) is 15.2.